The molecule has 0 saturated carbocycles. The molecule has 0 bridgehead atoms. The summed E-state index contributed by atoms with van der Waals surface area (Å²) in [5.41, 5.74) is 11.1. The number of carbonyl (C=O) groups is 16. The summed E-state index contributed by atoms with van der Waals surface area (Å²) in [7, 11) is 0. The molecule has 2 fully saturated rings. The van der Waals surface area contributed by atoms with Gasteiger partial charge in [-0.2, -0.15) is 0 Å². The van der Waals surface area contributed by atoms with Crippen molar-refractivity contribution in [2.45, 2.75) is 193 Å². The standard InChI is InChI=1S/C53H87N13O21.C2H4O2/c1-9-26(8)41(64-43(76)28(18-35(54)70)57-45(78)30(20-67)59-46(79)31(21-68)60-49(82)38(55)23(2)3)50(83)61-32(22-69)44(77)56-27(14-15-36(71)72)42(75)58-29(19-37(73)74)51(84)65-16-10-12-33(65)47(80)62-39(24(4)5)52(85)66-17-11-13-34(66)48(81)63-40(25(6)7)53(86)87;1-2(3)4/h23-34,38-41,67-69H,9-22,55H2,1-8H3,(H2,54,70)(H,56,77)(H,57,78)(H,58,75)(H,59,79)(H,60,82)(H,61,83)(H,62,80)(H,63,81)(H,64,76)(H,71,72)(H,73,74)(H,86,87);1H3,(H,3,4)/t26-,27-,28-,29-,30-,31-,32-,33-,34-,38-,39-,40-,41-;/m0./s1. The van der Waals surface area contributed by atoms with Gasteiger partial charge in [-0.25, -0.2) is 4.79 Å². The minimum absolute atomic E-state index is 0.000998. The summed E-state index contributed by atoms with van der Waals surface area (Å²) in [6.07, 6.45) is -2.70. The molecule has 36 heteroatoms. The highest BCUT2D eigenvalue weighted by Crippen LogP contribution is 2.24. The topological polar surface area (TPSA) is 582 Å². The van der Waals surface area contributed by atoms with Crippen LogP contribution in [0.5, 0.6) is 0 Å². The quantitative estimate of drug-likeness (QED) is 0.0277. The van der Waals surface area contributed by atoms with Crippen LogP contribution in [0.25, 0.3) is 0 Å². The van der Waals surface area contributed by atoms with Crippen molar-refractivity contribution in [1.29, 1.82) is 0 Å². The zero-order valence-corrected chi connectivity index (χ0v) is 52.3. The molecule has 0 aromatic rings. The Morgan fingerprint density at radius 2 is 0.846 bits per heavy atom. The molecule has 2 aliphatic rings. The maximum atomic E-state index is 14.3. The van der Waals surface area contributed by atoms with Crippen molar-refractivity contribution in [3.05, 3.63) is 0 Å². The van der Waals surface area contributed by atoms with E-state index >= 15 is 0 Å². The number of nitrogens with two attached hydrogens (primary N) is 2. The molecule has 91 heavy (non-hydrogen) atoms. The van der Waals surface area contributed by atoms with Gasteiger partial charge in [-0.15, -0.1) is 0 Å². The van der Waals surface area contributed by atoms with Crippen molar-refractivity contribution < 1.29 is 112 Å². The number of nitrogens with one attached hydrogen (secondary N) is 9. The lowest BCUT2D eigenvalue weighted by atomic mass is 9.97. The number of hydrogen-bond acceptors (Lipinski definition) is 20. The van der Waals surface area contributed by atoms with Gasteiger partial charge in [-0.3, -0.25) is 71.9 Å². The molecule has 0 aromatic carbocycles. The van der Waals surface area contributed by atoms with Crippen LogP contribution in [0.3, 0.4) is 0 Å². The summed E-state index contributed by atoms with van der Waals surface area (Å²) in [6, 6.07) is -19.0. The highest BCUT2D eigenvalue weighted by Gasteiger charge is 2.44. The Balaban J connectivity index is 0.0000100. The van der Waals surface area contributed by atoms with E-state index in [4.69, 9.17) is 21.4 Å². The maximum Gasteiger partial charge on any atom is 0.326 e. The lowest BCUT2D eigenvalue weighted by Gasteiger charge is -2.33. The van der Waals surface area contributed by atoms with Crippen LogP contribution in [0.4, 0.5) is 0 Å². The molecule has 2 heterocycles. The van der Waals surface area contributed by atoms with Gasteiger partial charge in [0.15, 0.2) is 0 Å². The number of nitrogens with zero attached hydrogens (tertiary/aromatic N) is 2. The largest absolute Gasteiger partial charge is 0.481 e. The summed E-state index contributed by atoms with van der Waals surface area (Å²) in [4.78, 5) is 209. The first-order chi connectivity index (χ1) is 42.4. The summed E-state index contributed by atoms with van der Waals surface area (Å²) < 4.78 is 0. The average Bonchev–Trinajstić information content (AvgIpc) is 1.84. The number of aliphatic carboxylic acids is 4. The normalized spacial score (nSPS) is 18.1. The van der Waals surface area contributed by atoms with Crippen molar-refractivity contribution >= 4 is 94.8 Å². The number of carboxylic acid groups (broad SMARTS) is 4. The molecule has 0 spiro atoms. The Kier molecular flexibility index (Phi) is 34.3. The lowest BCUT2D eigenvalue weighted by Crippen LogP contribution is -2.62. The van der Waals surface area contributed by atoms with Crippen molar-refractivity contribution in [3.63, 3.8) is 0 Å². The Hall–Kier alpha value is -8.64. The second kappa shape index (κ2) is 38.8. The SMILES string of the molecule is CC(=O)O.CC[C@H](C)[C@H](NC(=O)[C@H](CC(N)=O)NC(=O)[C@H](CO)NC(=O)[C@H](CO)NC(=O)[C@@H](N)C(C)C)C(=O)N[C@@H](CO)C(=O)N[C@@H](CCC(=O)O)C(=O)N[C@@H](CC(=O)O)C(=O)N1CCC[C@H]1C(=O)N[C@H](C(=O)N1CCC[C@H]1C(=O)N[C@H](C(=O)O)C(C)C)C(C)C. The molecule has 0 aromatic heterocycles. The fourth-order valence-electron chi connectivity index (χ4n) is 9.29. The van der Waals surface area contributed by atoms with Gasteiger partial charge in [0.2, 0.25) is 70.9 Å². The third-order valence-electron chi connectivity index (χ3n) is 14.7. The predicted molar refractivity (Wildman–Crippen MR) is 314 cm³/mol. The minimum Gasteiger partial charge on any atom is -0.481 e. The molecule has 2 aliphatic heterocycles. The van der Waals surface area contributed by atoms with Crippen molar-refractivity contribution in [1.82, 2.24) is 57.7 Å². The molecule has 0 aliphatic carbocycles. The summed E-state index contributed by atoms with van der Waals surface area (Å²) in [5.74, 6) is -20.4. The molecule has 13 atom stereocenters. The van der Waals surface area contributed by atoms with E-state index in [0.717, 1.165) is 11.8 Å². The van der Waals surface area contributed by atoms with E-state index in [0.29, 0.717) is 6.42 Å². The van der Waals surface area contributed by atoms with Gasteiger partial charge in [-0.05, 0) is 55.8 Å². The van der Waals surface area contributed by atoms with Gasteiger partial charge in [-0.1, -0.05) is 61.8 Å². The van der Waals surface area contributed by atoms with E-state index in [1.165, 1.54) is 11.8 Å². The van der Waals surface area contributed by atoms with Gasteiger partial charge in [0.05, 0.1) is 38.7 Å². The summed E-state index contributed by atoms with van der Waals surface area (Å²) >= 11 is 0. The number of carboxylic acids is 4. The number of primary amides is 1. The number of carbonyl (C=O) groups excluding carboxylic acids is 12. The van der Waals surface area contributed by atoms with Gasteiger partial charge in [0.1, 0.15) is 66.5 Å². The van der Waals surface area contributed by atoms with E-state index in [1.807, 2.05) is 0 Å². The first-order valence-corrected chi connectivity index (χ1v) is 29.5. The number of aliphatic hydroxyl groups is 3. The van der Waals surface area contributed by atoms with E-state index in [9.17, 15) is 103 Å². The molecule has 2 saturated heterocycles. The Morgan fingerprint density at radius 3 is 1.24 bits per heavy atom. The van der Waals surface area contributed by atoms with Crippen LogP contribution < -0.4 is 59.3 Å². The smallest absolute Gasteiger partial charge is 0.326 e. The van der Waals surface area contributed by atoms with Crippen molar-refractivity contribution in [2.75, 3.05) is 32.9 Å². The van der Waals surface area contributed by atoms with Gasteiger partial charge >= 0.3 is 17.9 Å². The van der Waals surface area contributed by atoms with Crippen LogP contribution in [0.15, 0.2) is 0 Å². The molecule has 0 radical (unpaired) electrons. The maximum absolute atomic E-state index is 14.3. The second-order valence-corrected chi connectivity index (χ2v) is 23.0. The molecule has 2 rings (SSSR count). The van der Waals surface area contributed by atoms with Gasteiger partial charge in [0, 0.05) is 26.4 Å². The van der Waals surface area contributed by atoms with Crippen LogP contribution in [0.1, 0.15) is 120 Å². The highest BCUT2D eigenvalue weighted by atomic mass is 16.4. The Bertz CT molecular complexity index is 2620. The second-order valence-electron chi connectivity index (χ2n) is 23.0. The van der Waals surface area contributed by atoms with Crippen molar-refractivity contribution in [2.24, 2.45) is 35.1 Å². The molecular weight excluding hydrogens is 1210 g/mol. The van der Waals surface area contributed by atoms with Crippen molar-refractivity contribution in [3.8, 4) is 0 Å². The highest BCUT2D eigenvalue weighted by molar-refractivity contribution is 6.01. The van der Waals surface area contributed by atoms with Gasteiger partial charge < -0.3 is 105 Å². The molecular formula is C55H91N13O23. The number of aliphatic hydroxyl groups excluding tert-OH is 3. The van der Waals surface area contributed by atoms with Crippen LogP contribution in [-0.4, -0.2) is 246 Å². The first kappa shape index (κ1) is 80.4. The van der Waals surface area contributed by atoms with E-state index in [-0.39, 0.29) is 44.7 Å². The van der Waals surface area contributed by atoms with Crippen LogP contribution in [0.2, 0.25) is 0 Å². The zero-order valence-electron chi connectivity index (χ0n) is 52.3. The number of rotatable bonds is 36. The van der Waals surface area contributed by atoms with E-state index in [1.54, 1.807) is 48.5 Å². The van der Waals surface area contributed by atoms with E-state index in [2.05, 4.69) is 47.9 Å². The summed E-state index contributed by atoms with van der Waals surface area (Å²) in [6.45, 7) is 10.4. The fourth-order valence-corrected chi connectivity index (χ4v) is 9.29. The number of amides is 12. The summed E-state index contributed by atoms with van der Waals surface area (Å²) in [5, 5.41) is 87.0. The Labute approximate surface area is 524 Å². The Morgan fingerprint density at radius 1 is 0.462 bits per heavy atom. The molecule has 0 unspecified atom stereocenters. The van der Waals surface area contributed by atoms with Gasteiger partial charge in [0.25, 0.3) is 5.97 Å². The van der Waals surface area contributed by atoms with Crippen LogP contribution in [0, 0.1) is 23.7 Å². The average molecular weight is 1300 g/mol. The van der Waals surface area contributed by atoms with Crippen LogP contribution >= 0.6 is 0 Å². The molecule has 36 nitrogen and oxygen atoms in total. The molecule has 20 N–H and O–H groups in total. The minimum atomic E-state index is -1.99. The number of likely N-dealkylation sites (tertiary alicyclic amines) is 2. The number of hydrogen-bond donors (Lipinski definition) is 18. The van der Waals surface area contributed by atoms with E-state index < -0.39 is 231 Å². The van der Waals surface area contributed by atoms with Crippen LogP contribution in [-0.2, 0) is 76.7 Å². The molecule has 12 amide bonds. The first-order valence-electron chi connectivity index (χ1n) is 29.5. The molecule has 514 valence electrons. The lowest BCUT2D eigenvalue weighted by molar-refractivity contribution is -0.148. The third-order valence-corrected chi connectivity index (χ3v) is 14.7. The monoisotopic (exact) mass is 1300 g/mol. The predicted octanol–water partition coefficient (Wildman–Crippen LogP) is -6.96. The zero-order chi connectivity index (χ0) is 69.9. The third kappa shape index (κ3) is 26.0. The fraction of sp³-hybridized carbons (Fsp3) is 0.709.